The second-order valence-corrected chi connectivity index (χ2v) is 6.00. The fourth-order valence-corrected chi connectivity index (χ4v) is 3.03. The van der Waals surface area contributed by atoms with Crippen LogP contribution in [0.4, 0.5) is 5.13 Å². The second kappa shape index (κ2) is 5.90. The molecule has 0 aliphatic heterocycles. The number of thiazole rings is 1. The third-order valence-electron chi connectivity index (χ3n) is 3.24. The molecular formula is C14H17ClN2OS. The molecule has 19 heavy (non-hydrogen) atoms. The van der Waals surface area contributed by atoms with Gasteiger partial charge in [-0.3, -0.25) is 0 Å². The molecule has 0 amide bonds. The maximum Gasteiger partial charge on any atom is 0.186 e. The molecule has 0 saturated carbocycles. The van der Waals surface area contributed by atoms with E-state index in [2.05, 4.69) is 22.9 Å². The zero-order valence-corrected chi connectivity index (χ0v) is 12.8. The molecule has 0 aliphatic carbocycles. The van der Waals surface area contributed by atoms with Gasteiger partial charge in [-0.15, -0.1) is 0 Å². The van der Waals surface area contributed by atoms with Crippen molar-refractivity contribution in [1.29, 1.82) is 0 Å². The van der Waals surface area contributed by atoms with E-state index in [9.17, 15) is 5.11 Å². The Morgan fingerprint density at radius 1 is 1.47 bits per heavy atom. The van der Waals surface area contributed by atoms with Gasteiger partial charge in [0.1, 0.15) is 0 Å². The van der Waals surface area contributed by atoms with Gasteiger partial charge in [-0.1, -0.05) is 35.1 Å². The molecule has 2 rings (SSSR count). The highest BCUT2D eigenvalue weighted by Crippen LogP contribution is 2.31. The molecule has 1 unspecified atom stereocenters. The van der Waals surface area contributed by atoms with E-state index in [-0.39, 0.29) is 12.6 Å². The molecule has 102 valence electrons. The summed E-state index contributed by atoms with van der Waals surface area (Å²) in [6.45, 7) is 4.08. The van der Waals surface area contributed by atoms with Gasteiger partial charge in [-0.05, 0) is 31.5 Å². The largest absolute Gasteiger partial charge is 0.391 e. The van der Waals surface area contributed by atoms with Gasteiger partial charge in [-0.2, -0.15) is 0 Å². The maximum atomic E-state index is 9.24. The zero-order chi connectivity index (χ0) is 14.0. The van der Waals surface area contributed by atoms with Gasteiger partial charge in [-0.25, -0.2) is 4.98 Å². The topological polar surface area (TPSA) is 36.4 Å². The van der Waals surface area contributed by atoms with Crippen LogP contribution in [0.15, 0.2) is 24.3 Å². The molecule has 1 atom stereocenters. The van der Waals surface area contributed by atoms with Gasteiger partial charge >= 0.3 is 0 Å². The summed E-state index contributed by atoms with van der Waals surface area (Å²) >= 11 is 7.55. The van der Waals surface area contributed by atoms with Crippen molar-refractivity contribution >= 4 is 28.1 Å². The monoisotopic (exact) mass is 296 g/mol. The van der Waals surface area contributed by atoms with Crippen molar-refractivity contribution in [2.45, 2.75) is 26.5 Å². The summed E-state index contributed by atoms with van der Waals surface area (Å²) in [7, 11) is 2.00. The lowest BCUT2D eigenvalue weighted by atomic mass is 10.1. The first kappa shape index (κ1) is 14.3. The zero-order valence-electron chi connectivity index (χ0n) is 11.2. The predicted octanol–water partition coefficient (Wildman–Crippen LogP) is 3.79. The highest BCUT2D eigenvalue weighted by atomic mass is 35.5. The van der Waals surface area contributed by atoms with Crippen LogP contribution in [0.1, 0.15) is 29.1 Å². The van der Waals surface area contributed by atoms with Crippen molar-refractivity contribution in [3.63, 3.8) is 0 Å². The molecule has 1 heterocycles. The number of anilines is 1. The van der Waals surface area contributed by atoms with Gasteiger partial charge in [0.2, 0.25) is 0 Å². The van der Waals surface area contributed by atoms with Crippen molar-refractivity contribution in [3.05, 3.63) is 45.4 Å². The number of nitrogens with zero attached hydrogens (tertiary/aromatic N) is 2. The van der Waals surface area contributed by atoms with E-state index in [1.165, 1.54) is 11.3 Å². The fraction of sp³-hybridized carbons (Fsp3) is 0.357. The Morgan fingerprint density at radius 2 is 2.21 bits per heavy atom. The first-order chi connectivity index (χ1) is 9.02. The maximum absolute atomic E-state index is 9.24. The molecule has 0 radical (unpaired) electrons. The number of rotatable bonds is 4. The number of aromatic nitrogens is 1. The van der Waals surface area contributed by atoms with Crippen LogP contribution in [0.5, 0.6) is 0 Å². The number of aliphatic hydroxyl groups is 1. The van der Waals surface area contributed by atoms with Gasteiger partial charge in [0.15, 0.2) is 5.13 Å². The summed E-state index contributed by atoms with van der Waals surface area (Å²) in [5.74, 6) is 0. The number of aryl methyl sites for hydroxylation is 1. The minimum Gasteiger partial charge on any atom is -0.391 e. The van der Waals surface area contributed by atoms with Crippen molar-refractivity contribution < 1.29 is 5.11 Å². The predicted molar refractivity (Wildman–Crippen MR) is 81.0 cm³/mol. The van der Waals surface area contributed by atoms with E-state index in [0.29, 0.717) is 0 Å². The van der Waals surface area contributed by atoms with Crippen molar-refractivity contribution in [3.8, 4) is 0 Å². The lowest BCUT2D eigenvalue weighted by Gasteiger charge is -2.24. The van der Waals surface area contributed by atoms with E-state index in [0.717, 1.165) is 26.3 Å². The second-order valence-electron chi connectivity index (χ2n) is 4.51. The third kappa shape index (κ3) is 3.08. The Hall–Kier alpha value is -1.10. The van der Waals surface area contributed by atoms with Crippen LogP contribution >= 0.6 is 22.9 Å². The van der Waals surface area contributed by atoms with Crippen LogP contribution in [0.25, 0.3) is 0 Å². The van der Waals surface area contributed by atoms with Crippen LogP contribution in [-0.2, 0) is 6.61 Å². The van der Waals surface area contributed by atoms with Crippen LogP contribution in [0.3, 0.4) is 0 Å². The SMILES string of the molecule is Cc1nc(N(C)C(C)c2cccc(Cl)c2)sc1CO. The fourth-order valence-electron chi connectivity index (χ4n) is 1.87. The first-order valence-corrected chi connectivity index (χ1v) is 7.28. The van der Waals surface area contributed by atoms with Crippen molar-refractivity contribution in [2.75, 3.05) is 11.9 Å². The van der Waals surface area contributed by atoms with Gasteiger partial charge in [0.05, 0.1) is 23.2 Å². The van der Waals surface area contributed by atoms with E-state index in [4.69, 9.17) is 11.6 Å². The molecule has 3 nitrogen and oxygen atoms in total. The number of benzene rings is 1. The van der Waals surface area contributed by atoms with Crippen molar-refractivity contribution in [1.82, 2.24) is 4.98 Å². The number of aliphatic hydroxyl groups excluding tert-OH is 1. The Kier molecular flexibility index (Phi) is 4.45. The Bertz CT molecular complexity index is 570. The molecule has 5 heteroatoms. The molecule has 0 bridgehead atoms. The number of halogens is 1. The molecule has 0 aliphatic rings. The summed E-state index contributed by atoms with van der Waals surface area (Å²) in [6.07, 6.45) is 0. The van der Waals surface area contributed by atoms with Gasteiger partial charge in [0, 0.05) is 12.1 Å². The Labute approximate surface area is 122 Å². The summed E-state index contributed by atoms with van der Waals surface area (Å²) < 4.78 is 0. The van der Waals surface area contributed by atoms with Crippen LogP contribution in [-0.4, -0.2) is 17.1 Å². The molecule has 1 N–H and O–H groups in total. The lowest BCUT2D eigenvalue weighted by molar-refractivity contribution is 0.284. The molecular weight excluding hydrogens is 280 g/mol. The standard InChI is InChI=1S/C14H17ClN2OS/c1-9-13(8-18)19-14(16-9)17(3)10(2)11-5-4-6-12(15)7-11/h4-7,10,18H,8H2,1-3H3. The van der Waals surface area contributed by atoms with Gasteiger partial charge < -0.3 is 10.0 Å². The molecule has 0 saturated heterocycles. The highest BCUT2D eigenvalue weighted by Gasteiger charge is 2.17. The summed E-state index contributed by atoms with van der Waals surface area (Å²) in [5, 5.41) is 10.9. The highest BCUT2D eigenvalue weighted by molar-refractivity contribution is 7.15. The Morgan fingerprint density at radius 3 is 2.79 bits per heavy atom. The third-order valence-corrected chi connectivity index (χ3v) is 4.71. The average molecular weight is 297 g/mol. The van der Waals surface area contributed by atoms with Gasteiger partial charge in [0.25, 0.3) is 0 Å². The van der Waals surface area contributed by atoms with Crippen LogP contribution < -0.4 is 4.90 Å². The average Bonchev–Trinajstić information content (AvgIpc) is 2.78. The normalized spacial score (nSPS) is 12.5. The summed E-state index contributed by atoms with van der Waals surface area (Å²) in [4.78, 5) is 7.52. The van der Waals surface area contributed by atoms with Crippen molar-refractivity contribution in [2.24, 2.45) is 0 Å². The molecule has 1 aromatic carbocycles. The van der Waals surface area contributed by atoms with Crippen LogP contribution in [0.2, 0.25) is 5.02 Å². The molecule has 2 aromatic rings. The van der Waals surface area contributed by atoms with Crippen LogP contribution in [0, 0.1) is 6.92 Å². The van der Waals surface area contributed by atoms with E-state index in [1.807, 2.05) is 32.2 Å². The number of hydrogen-bond donors (Lipinski definition) is 1. The Balaban J connectivity index is 2.25. The smallest absolute Gasteiger partial charge is 0.186 e. The van der Waals surface area contributed by atoms with E-state index < -0.39 is 0 Å². The summed E-state index contributed by atoms with van der Waals surface area (Å²) in [5.41, 5.74) is 2.04. The number of hydrogen-bond acceptors (Lipinski definition) is 4. The minimum atomic E-state index is 0.0445. The molecule has 0 fully saturated rings. The van der Waals surface area contributed by atoms with E-state index in [1.54, 1.807) is 0 Å². The first-order valence-electron chi connectivity index (χ1n) is 6.08. The minimum absolute atomic E-state index is 0.0445. The molecule has 1 aromatic heterocycles. The van der Waals surface area contributed by atoms with E-state index >= 15 is 0 Å². The molecule has 0 spiro atoms. The quantitative estimate of drug-likeness (QED) is 0.932. The lowest BCUT2D eigenvalue weighted by Crippen LogP contribution is -2.21. The summed E-state index contributed by atoms with van der Waals surface area (Å²) in [6, 6.07) is 8.02.